The molecule has 6 nitrogen and oxygen atoms in total. The second-order valence-corrected chi connectivity index (χ2v) is 7.62. The van der Waals surface area contributed by atoms with E-state index in [0.29, 0.717) is 34.8 Å². The van der Waals surface area contributed by atoms with Gasteiger partial charge in [-0.05, 0) is 36.6 Å². The summed E-state index contributed by atoms with van der Waals surface area (Å²) in [5, 5.41) is 10.5. The molecule has 1 saturated heterocycles. The Morgan fingerprint density at radius 1 is 1.00 bits per heavy atom. The summed E-state index contributed by atoms with van der Waals surface area (Å²) >= 11 is 0. The Labute approximate surface area is 162 Å². The molecule has 6 heteroatoms. The number of amides is 1. The average Bonchev–Trinajstić information content (AvgIpc) is 2.70. The van der Waals surface area contributed by atoms with Crippen LogP contribution in [-0.4, -0.2) is 39.5 Å². The van der Waals surface area contributed by atoms with Gasteiger partial charge in [-0.2, -0.15) is 0 Å². The Hall–Kier alpha value is -3.15. The van der Waals surface area contributed by atoms with Gasteiger partial charge in [0.1, 0.15) is 6.54 Å². The zero-order valence-electron chi connectivity index (χ0n) is 15.7. The number of carbonyl (C=O) groups is 2. The largest absolute Gasteiger partial charge is 0.481 e. The molecule has 1 aliphatic heterocycles. The molecule has 2 unspecified atom stereocenters. The Bertz CT molecular complexity index is 1070. The van der Waals surface area contributed by atoms with Crippen molar-refractivity contribution in [2.24, 2.45) is 11.8 Å². The lowest BCUT2D eigenvalue weighted by atomic mass is 9.90. The molecule has 1 amide bonds. The van der Waals surface area contributed by atoms with Crippen LogP contribution in [0.15, 0.2) is 53.3 Å². The van der Waals surface area contributed by atoms with Gasteiger partial charge in [-0.15, -0.1) is 0 Å². The summed E-state index contributed by atoms with van der Waals surface area (Å²) in [6, 6.07) is 14.6. The third-order valence-electron chi connectivity index (χ3n) is 5.53. The molecule has 2 aromatic carbocycles. The van der Waals surface area contributed by atoms with Gasteiger partial charge in [0.2, 0.25) is 5.91 Å². The molecule has 0 bridgehead atoms. The van der Waals surface area contributed by atoms with Crippen LogP contribution >= 0.6 is 0 Å². The molecule has 4 rings (SSSR count). The summed E-state index contributed by atoms with van der Waals surface area (Å²) in [4.78, 5) is 39.0. The standard InChI is InChI=1S/C22H22N2O4/c1-14-10-15(22(27)28)12-23(11-14)20(25)13-24-18-8-4-2-6-16(18)21(26)17-7-3-5-9-19(17)24/h2-9,14-15H,10-13H2,1H3,(H,27,28). The first-order valence-corrected chi connectivity index (χ1v) is 9.46. The summed E-state index contributed by atoms with van der Waals surface area (Å²) in [5.41, 5.74) is 1.37. The van der Waals surface area contributed by atoms with Crippen molar-refractivity contribution in [3.05, 3.63) is 58.8 Å². The average molecular weight is 378 g/mol. The first-order chi connectivity index (χ1) is 13.5. The number of aromatic nitrogens is 1. The number of aliphatic carboxylic acids is 1. The van der Waals surface area contributed by atoms with Crippen molar-refractivity contribution < 1.29 is 14.7 Å². The number of hydrogen-bond donors (Lipinski definition) is 1. The third kappa shape index (κ3) is 3.15. The molecule has 0 spiro atoms. The molecule has 3 aromatic rings. The van der Waals surface area contributed by atoms with E-state index < -0.39 is 11.9 Å². The van der Waals surface area contributed by atoms with Crippen LogP contribution < -0.4 is 5.43 Å². The maximum Gasteiger partial charge on any atom is 0.308 e. The van der Waals surface area contributed by atoms with E-state index in [9.17, 15) is 19.5 Å². The SMILES string of the molecule is CC1CC(C(=O)O)CN(C(=O)Cn2c3ccccc3c(=O)c3ccccc32)C1. The van der Waals surface area contributed by atoms with E-state index >= 15 is 0 Å². The Balaban J connectivity index is 1.77. The number of fused-ring (bicyclic) bond motifs is 2. The Kier molecular flexibility index (Phi) is 4.63. The molecule has 1 N–H and O–H groups in total. The quantitative estimate of drug-likeness (QED) is 0.711. The van der Waals surface area contributed by atoms with Crippen LogP contribution in [-0.2, 0) is 16.1 Å². The van der Waals surface area contributed by atoms with E-state index in [4.69, 9.17) is 0 Å². The number of hydrogen-bond acceptors (Lipinski definition) is 3. The summed E-state index contributed by atoms with van der Waals surface area (Å²) in [5.74, 6) is -1.38. The fourth-order valence-corrected chi connectivity index (χ4v) is 4.22. The Morgan fingerprint density at radius 2 is 1.57 bits per heavy atom. The van der Waals surface area contributed by atoms with E-state index in [1.165, 1.54) is 0 Å². The van der Waals surface area contributed by atoms with Crippen molar-refractivity contribution in [3.8, 4) is 0 Å². The van der Waals surface area contributed by atoms with Crippen molar-refractivity contribution >= 4 is 33.7 Å². The number of benzene rings is 2. The topological polar surface area (TPSA) is 79.6 Å². The number of carbonyl (C=O) groups excluding carboxylic acids is 1. The second-order valence-electron chi connectivity index (χ2n) is 7.62. The second kappa shape index (κ2) is 7.11. The molecule has 1 aliphatic rings. The maximum atomic E-state index is 13.1. The maximum absolute atomic E-state index is 13.1. The summed E-state index contributed by atoms with van der Waals surface area (Å²) < 4.78 is 1.86. The van der Waals surface area contributed by atoms with Gasteiger partial charge in [0, 0.05) is 23.9 Å². The number of likely N-dealkylation sites (tertiary alicyclic amines) is 1. The molecule has 2 atom stereocenters. The number of nitrogens with zero attached hydrogens (tertiary/aromatic N) is 2. The molecular weight excluding hydrogens is 356 g/mol. The number of carboxylic acids is 1. The molecule has 0 saturated carbocycles. The third-order valence-corrected chi connectivity index (χ3v) is 5.53. The monoisotopic (exact) mass is 378 g/mol. The lowest BCUT2D eigenvalue weighted by Gasteiger charge is -2.35. The van der Waals surface area contributed by atoms with Crippen LogP contribution in [0.4, 0.5) is 0 Å². The van der Waals surface area contributed by atoms with Crippen LogP contribution in [0.25, 0.3) is 21.8 Å². The smallest absolute Gasteiger partial charge is 0.308 e. The molecule has 0 aliphatic carbocycles. The van der Waals surface area contributed by atoms with Gasteiger partial charge in [0.25, 0.3) is 0 Å². The van der Waals surface area contributed by atoms with Gasteiger partial charge < -0.3 is 14.6 Å². The van der Waals surface area contributed by atoms with Crippen molar-refractivity contribution in [2.75, 3.05) is 13.1 Å². The molecule has 28 heavy (non-hydrogen) atoms. The van der Waals surface area contributed by atoms with E-state index in [1.807, 2.05) is 47.9 Å². The predicted molar refractivity (Wildman–Crippen MR) is 107 cm³/mol. The van der Waals surface area contributed by atoms with Gasteiger partial charge in [0.15, 0.2) is 5.43 Å². The van der Waals surface area contributed by atoms with Crippen LogP contribution in [0.2, 0.25) is 0 Å². The minimum absolute atomic E-state index is 0.0487. The van der Waals surface area contributed by atoms with Crippen molar-refractivity contribution in [1.29, 1.82) is 0 Å². The fourth-order valence-electron chi connectivity index (χ4n) is 4.22. The van der Waals surface area contributed by atoms with Gasteiger partial charge >= 0.3 is 5.97 Å². The normalized spacial score (nSPS) is 19.8. The predicted octanol–water partition coefficient (Wildman–Crippen LogP) is 2.72. The van der Waals surface area contributed by atoms with Crippen LogP contribution in [0.1, 0.15) is 13.3 Å². The molecule has 1 fully saturated rings. The van der Waals surface area contributed by atoms with Gasteiger partial charge in [-0.25, -0.2) is 0 Å². The van der Waals surface area contributed by atoms with E-state index in [2.05, 4.69) is 0 Å². The Morgan fingerprint density at radius 3 is 2.14 bits per heavy atom. The van der Waals surface area contributed by atoms with Gasteiger partial charge in [-0.3, -0.25) is 14.4 Å². The highest BCUT2D eigenvalue weighted by Gasteiger charge is 2.32. The van der Waals surface area contributed by atoms with Crippen molar-refractivity contribution in [3.63, 3.8) is 0 Å². The van der Waals surface area contributed by atoms with E-state index in [1.54, 1.807) is 17.0 Å². The number of carboxylic acid groups (broad SMARTS) is 1. The van der Waals surface area contributed by atoms with Crippen molar-refractivity contribution in [2.45, 2.75) is 19.9 Å². The number of piperidine rings is 1. The summed E-state index contributed by atoms with van der Waals surface area (Å²) in [7, 11) is 0. The molecule has 144 valence electrons. The van der Waals surface area contributed by atoms with Gasteiger partial charge in [0.05, 0.1) is 17.0 Å². The van der Waals surface area contributed by atoms with E-state index in [0.717, 1.165) is 0 Å². The number of pyridine rings is 1. The lowest BCUT2D eigenvalue weighted by molar-refractivity contribution is -0.147. The lowest BCUT2D eigenvalue weighted by Crippen LogP contribution is -2.46. The highest BCUT2D eigenvalue weighted by molar-refractivity contribution is 5.95. The van der Waals surface area contributed by atoms with Crippen LogP contribution in [0.3, 0.4) is 0 Å². The molecular formula is C22H22N2O4. The van der Waals surface area contributed by atoms with Gasteiger partial charge in [-0.1, -0.05) is 31.2 Å². The molecule has 1 aromatic heterocycles. The zero-order chi connectivity index (χ0) is 19.8. The minimum atomic E-state index is -0.858. The molecule has 2 heterocycles. The minimum Gasteiger partial charge on any atom is -0.481 e. The first-order valence-electron chi connectivity index (χ1n) is 9.46. The summed E-state index contributed by atoms with van der Waals surface area (Å²) in [6.07, 6.45) is 0.586. The number of rotatable bonds is 3. The van der Waals surface area contributed by atoms with E-state index in [-0.39, 0.29) is 30.3 Å². The highest BCUT2D eigenvalue weighted by atomic mass is 16.4. The fraction of sp³-hybridized carbons (Fsp3) is 0.318. The zero-order valence-corrected chi connectivity index (χ0v) is 15.7. The summed E-state index contributed by atoms with van der Waals surface area (Å²) in [6.45, 7) is 2.83. The van der Waals surface area contributed by atoms with Crippen LogP contribution in [0.5, 0.6) is 0 Å². The number of para-hydroxylation sites is 2. The van der Waals surface area contributed by atoms with Crippen molar-refractivity contribution in [1.82, 2.24) is 9.47 Å². The molecule has 0 radical (unpaired) electrons. The van der Waals surface area contributed by atoms with Crippen LogP contribution in [0, 0.1) is 11.8 Å². The first kappa shape index (κ1) is 18.2. The highest BCUT2D eigenvalue weighted by Crippen LogP contribution is 2.24.